The quantitative estimate of drug-likeness (QED) is 0.357. The van der Waals surface area contributed by atoms with Gasteiger partial charge in [0.1, 0.15) is 12.6 Å². The lowest BCUT2D eigenvalue weighted by Crippen LogP contribution is -2.52. The van der Waals surface area contributed by atoms with Crippen molar-refractivity contribution in [2.24, 2.45) is 0 Å². The lowest BCUT2D eigenvalue weighted by molar-refractivity contribution is -0.140. The molecule has 0 aliphatic carbocycles. The van der Waals surface area contributed by atoms with Gasteiger partial charge < -0.3 is 10.2 Å². The van der Waals surface area contributed by atoms with Gasteiger partial charge in [0.2, 0.25) is 11.8 Å². The number of hydrogen-bond acceptors (Lipinski definition) is 4. The molecule has 1 atom stereocenters. The standard InChI is InChI=1S/C29H34ClN3O4S/c1-5-27(29(35)31-6-2)32(19-23-12-10-21(3)11-13-23)28(34)20-33(25-9-7-8-22(4)18-25)38(36,37)26-16-14-24(30)15-17-26/h7-18,27H,5-6,19-20H2,1-4H3,(H,31,35)/t27-/m0/s1. The molecule has 0 unspecified atom stereocenters. The van der Waals surface area contributed by atoms with Crippen LogP contribution in [0, 0.1) is 13.8 Å². The Morgan fingerprint density at radius 3 is 2.16 bits per heavy atom. The van der Waals surface area contributed by atoms with Crippen molar-refractivity contribution in [2.75, 3.05) is 17.4 Å². The predicted molar refractivity (Wildman–Crippen MR) is 152 cm³/mol. The molecule has 2 amide bonds. The molecule has 0 fully saturated rings. The van der Waals surface area contributed by atoms with Crippen LogP contribution in [0.5, 0.6) is 0 Å². The summed E-state index contributed by atoms with van der Waals surface area (Å²) in [6.45, 7) is 7.57. The molecule has 0 bridgehead atoms. The molecule has 0 aliphatic heterocycles. The van der Waals surface area contributed by atoms with Crippen LogP contribution in [0.4, 0.5) is 5.69 Å². The summed E-state index contributed by atoms with van der Waals surface area (Å²) in [6.07, 6.45) is 0.373. The molecule has 9 heteroatoms. The number of carbonyl (C=O) groups excluding carboxylic acids is 2. The maximum Gasteiger partial charge on any atom is 0.264 e. The monoisotopic (exact) mass is 555 g/mol. The molecule has 3 aromatic carbocycles. The second-order valence-electron chi connectivity index (χ2n) is 9.13. The summed E-state index contributed by atoms with van der Waals surface area (Å²) in [7, 11) is -4.13. The van der Waals surface area contributed by atoms with Crippen LogP contribution in [0.15, 0.2) is 77.7 Å². The van der Waals surface area contributed by atoms with Crippen LogP contribution in [0.3, 0.4) is 0 Å². The zero-order valence-corrected chi connectivity index (χ0v) is 23.7. The minimum Gasteiger partial charge on any atom is -0.355 e. The van der Waals surface area contributed by atoms with Crippen molar-refractivity contribution in [1.29, 1.82) is 0 Å². The van der Waals surface area contributed by atoms with Gasteiger partial charge in [-0.2, -0.15) is 0 Å². The van der Waals surface area contributed by atoms with E-state index in [0.717, 1.165) is 21.0 Å². The first kappa shape index (κ1) is 29.2. The van der Waals surface area contributed by atoms with Crippen LogP contribution in [0.1, 0.15) is 37.0 Å². The number of amides is 2. The molecule has 0 heterocycles. The molecule has 0 aliphatic rings. The Labute approximate surface area is 230 Å². The second-order valence-corrected chi connectivity index (χ2v) is 11.4. The van der Waals surface area contributed by atoms with Crippen molar-refractivity contribution in [3.05, 3.63) is 94.5 Å². The van der Waals surface area contributed by atoms with Crippen molar-refractivity contribution in [3.63, 3.8) is 0 Å². The molecule has 0 saturated carbocycles. The van der Waals surface area contributed by atoms with E-state index < -0.39 is 28.5 Å². The highest BCUT2D eigenvalue weighted by atomic mass is 35.5. The summed E-state index contributed by atoms with van der Waals surface area (Å²) in [5.41, 5.74) is 3.11. The van der Waals surface area contributed by atoms with E-state index in [0.29, 0.717) is 23.7 Å². The Kier molecular flexibility index (Phi) is 9.94. The van der Waals surface area contributed by atoms with Crippen LogP contribution < -0.4 is 9.62 Å². The molecule has 0 radical (unpaired) electrons. The van der Waals surface area contributed by atoms with Crippen molar-refractivity contribution in [1.82, 2.24) is 10.2 Å². The summed E-state index contributed by atoms with van der Waals surface area (Å²) in [6, 6.07) is 19.7. The van der Waals surface area contributed by atoms with Crippen LogP contribution >= 0.6 is 11.6 Å². The minimum atomic E-state index is -4.13. The van der Waals surface area contributed by atoms with E-state index >= 15 is 0 Å². The normalized spacial score (nSPS) is 12.0. The Morgan fingerprint density at radius 1 is 0.921 bits per heavy atom. The Bertz CT molecular complexity index is 1360. The lowest BCUT2D eigenvalue weighted by atomic mass is 10.1. The van der Waals surface area contributed by atoms with Gasteiger partial charge in [0.15, 0.2) is 0 Å². The number of benzene rings is 3. The van der Waals surface area contributed by atoms with Crippen LogP contribution in [0.25, 0.3) is 0 Å². The zero-order valence-electron chi connectivity index (χ0n) is 22.1. The van der Waals surface area contributed by atoms with Crippen molar-refractivity contribution >= 4 is 39.1 Å². The number of nitrogens with zero attached hydrogens (tertiary/aromatic N) is 2. The highest BCUT2D eigenvalue weighted by molar-refractivity contribution is 7.92. The van der Waals surface area contributed by atoms with Gasteiger partial charge in [-0.1, -0.05) is 60.5 Å². The molecule has 0 aromatic heterocycles. The highest BCUT2D eigenvalue weighted by Crippen LogP contribution is 2.26. The summed E-state index contributed by atoms with van der Waals surface area (Å²) in [5.74, 6) is -0.763. The highest BCUT2D eigenvalue weighted by Gasteiger charge is 2.33. The predicted octanol–water partition coefficient (Wildman–Crippen LogP) is 5.10. The molecular formula is C29H34ClN3O4S. The Balaban J connectivity index is 2.05. The van der Waals surface area contributed by atoms with E-state index in [1.807, 2.05) is 58.0 Å². The largest absolute Gasteiger partial charge is 0.355 e. The third-order valence-corrected chi connectivity index (χ3v) is 8.22. The van der Waals surface area contributed by atoms with Gasteiger partial charge in [-0.05, 0) is 74.7 Å². The van der Waals surface area contributed by atoms with Crippen LogP contribution in [-0.4, -0.2) is 44.3 Å². The number of hydrogen-bond donors (Lipinski definition) is 1. The van der Waals surface area contributed by atoms with Gasteiger partial charge in [-0.3, -0.25) is 13.9 Å². The van der Waals surface area contributed by atoms with Crippen LogP contribution in [0.2, 0.25) is 5.02 Å². The molecule has 3 rings (SSSR count). The third-order valence-electron chi connectivity index (χ3n) is 6.18. The molecule has 0 spiro atoms. The Morgan fingerprint density at radius 2 is 1.58 bits per heavy atom. The summed E-state index contributed by atoms with van der Waals surface area (Å²) in [5, 5.41) is 3.21. The first-order valence-electron chi connectivity index (χ1n) is 12.5. The number of halogens is 1. The number of aryl methyl sites for hydroxylation is 2. The maximum atomic E-state index is 13.9. The third kappa shape index (κ3) is 7.14. The Hall–Kier alpha value is -3.36. The van der Waals surface area contributed by atoms with E-state index in [1.54, 1.807) is 18.2 Å². The van der Waals surface area contributed by atoms with Gasteiger partial charge in [0.25, 0.3) is 10.0 Å². The molecule has 3 aromatic rings. The lowest BCUT2D eigenvalue weighted by Gasteiger charge is -2.33. The second kappa shape index (κ2) is 12.9. The fraction of sp³-hybridized carbons (Fsp3) is 0.310. The number of anilines is 1. The average Bonchev–Trinajstić information content (AvgIpc) is 2.88. The van der Waals surface area contributed by atoms with E-state index in [1.165, 1.54) is 29.2 Å². The van der Waals surface area contributed by atoms with Gasteiger partial charge in [-0.15, -0.1) is 0 Å². The zero-order chi connectivity index (χ0) is 27.9. The number of likely N-dealkylation sites (N-methyl/N-ethyl adjacent to an activating group) is 1. The molecule has 1 N–H and O–H groups in total. The first-order chi connectivity index (χ1) is 18.1. The SMILES string of the molecule is CCNC(=O)[C@H](CC)N(Cc1ccc(C)cc1)C(=O)CN(c1cccc(C)c1)S(=O)(=O)c1ccc(Cl)cc1. The summed E-state index contributed by atoms with van der Waals surface area (Å²) in [4.78, 5) is 28.4. The van der Waals surface area contributed by atoms with Gasteiger partial charge in [0, 0.05) is 18.1 Å². The van der Waals surface area contributed by atoms with E-state index in [4.69, 9.17) is 11.6 Å². The fourth-order valence-corrected chi connectivity index (χ4v) is 5.68. The number of sulfonamides is 1. The topological polar surface area (TPSA) is 86.8 Å². The van der Waals surface area contributed by atoms with E-state index in [2.05, 4.69) is 5.32 Å². The number of rotatable bonds is 11. The molecule has 202 valence electrons. The number of carbonyl (C=O) groups is 2. The smallest absolute Gasteiger partial charge is 0.264 e. The van der Waals surface area contributed by atoms with Crippen LogP contribution in [-0.2, 0) is 26.2 Å². The average molecular weight is 556 g/mol. The van der Waals surface area contributed by atoms with Gasteiger partial charge >= 0.3 is 0 Å². The maximum absolute atomic E-state index is 13.9. The fourth-order valence-electron chi connectivity index (χ4n) is 4.15. The van der Waals surface area contributed by atoms with Crippen molar-refractivity contribution in [2.45, 2.75) is 51.6 Å². The number of nitrogens with one attached hydrogen (secondary N) is 1. The van der Waals surface area contributed by atoms with Gasteiger partial charge in [-0.25, -0.2) is 8.42 Å². The first-order valence-corrected chi connectivity index (χ1v) is 14.4. The summed E-state index contributed by atoms with van der Waals surface area (Å²) < 4.78 is 28.7. The minimum absolute atomic E-state index is 0.0112. The molecule has 7 nitrogen and oxygen atoms in total. The van der Waals surface area contributed by atoms with Crippen molar-refractivity contribution in [3.8, 4) is 0 Å². The van der Waals surface area contributed by atoms with Gasteiger partial charge in [0.05, 0.1) is 10.6 Å². The van der Waals surface area contributed by atoms with E-state index in [9.17, 15) is 18.0 Å². The summed E-state index contributed by atoms with van der Waals surface area (Å²) >= 11 is 5.99. The van der Waals surface area contributed by atoms with E-state index in [-0.39, 0.29) is 17.3 Å². The molecule has 0 saturated heterocycles. The molecular weight excluding hydrogens is 522 g/mol. The molecule has 38 heavy (non-hydrogen) atoms. The van der Waals surface area contributed by atoms with Crippen molar-refractivity contribution < 1.29 is 18.0 Å².